The van der Waals surface area contributed by atoms with E-state index in [9.17, 15) is 4.79 Å². The van der Waals surface area contributed by atoms with Crippen LogP contribution in [0.3, 0.4) is 0 Å². The second-order valence-electron chi connectivity index (χ2n) is 5.80. The van der Waals surface area contributed by atoms with Crippen molar-refractivity contribution >= 4 is 29.1 Å². The first-order valence-electron chi connectivity index (χ1n) is 8.04. The van der Waals surface area contributed by atoms with Crippen molar-refractivity contribution in [3.05, 3.63) is 65.4 Å². The quantitative estimate of drug-likeness (QED) is 0.678. The standard InChI is InChI=1S/C19H19N5O2/c1-12-4-5-13(2)16(10-12)22-17-11-20-24-19(23-17)21-15-8-6-14(7-9-15)18(25)26-3/h4-11H,1-3H3,(H2,21,22,23,24). The van der Waals surface area contributed by atoms with Gasteiger partial charge in [-0.25, -0.2) is 4.79 Å². The molecule has 3 rings (SSSR count). The van der Waals surface area contributed by atoms with Crippen LogP contribution in [0.2, 0.25) is 0 Å². The van der Waals surface area contributed by atoms with Gasteiger partial charge in [-0.2, -0.15) is 10.1 Å². The number of methoxy groups -OCH3 is 1. The Balaban J connectivity index is 1.75. The molecule has 7 heteroatoms. The number of benzene rings is 2. The zero-order valence-electron chi connectivity index (χ0n) is 14.8. The van der Waals surface area contributed by atoms with Crippen molar-refractivity contribution in [1.29, 1.82) is 0 Å². The molecule has 0 aliphatic rings. The predicted octanol–water partition coefficient (Wildman–Crippen LogP) is 3.76. The molecule has 0 radical (unpaired) electrons. The number of nitrogens with zero attached hydrogens (tertiary/aromatic N) is 3. The van der Waals surface area contributed by atoms with Gasteiger partial charge in [-0.05, 0) is 55.3 Å². The van der Waals surface area contributed by atoms with E-state index in [0.29, 0.717) is 17.3 Å². The second kappa shape index (κ2) is 7.60. The number of aromatic nitrogens is 3. The second-order valence-corrected chi connectivity index (χ2v) is 5.80. The van der Waals surface area contributed by atoms with E-state index >= 15 is 0 Å². The van der Waals surface area contributed by atoms with E-state index in [1.54, 1.807) is 30.5 Å². The summed E-state index contributed by atoms with van der Waals surface area (Å²) in [7, 11) is 1.35. The number of carbonyl (C=O) groups excluding carboxylic acids is 1. The molecule has 0 aliphatic carbocycles. The maximum Gasteiger partial charge on any atom is 0.337 e. The molecule has 0 unspecified atom stereocenters. The monoisotopic (exact) mass is 349 g/mol. The Hall–Kier alpha value is -3.48. The Kier molecular flexibility index (Phi) is 5.07. The largest absolute Gasteiger partial charge is 0.465 e. The summed E-state index contributed by atoms with van der Waals surface area (Å²) in [6.07, 6.45) is 1.56. The number of hydrogen-bond donors (Lipinski definition) is 2. The third-order valence-electron chi connectivity index (χ3n) is 3.78. The van der Waals surface area contributed by atoms with Crippen LogP contribution in [0.25, 0.3) is 0 Å². The number of carbonyl (C=O) groups is 1. The molecule has 1 aromatic heterocycles. The van der Waals surface area contributed by atoms with E-state index in [2.05, 4.69) is 42.7 Å². The third kappa shape index (κ3) is 4.13. The Morgan fingerprint density at radius 1 is 1.04 bits per heavy atom. The Bertz CT molecular complexity index is 925. The van der Waals surface area contributed by atoms with Crippen molar-refractivity contribution in [3.63, 3.8) is 0 Å². The van der Waals surface area contributed by atoms with Crippen LogP contribution < -0.4 is 10.6 Å². The van der Waals surface area contributed by atoms with Gasteiger partial charge in [0.15, 0.2) is 5.82 Å². The topological polar surface area (TPSA) is 89.0 Å². The first kappa shape index (κ1) is 17.3. The summed E-state index contributed by atoms with van der Waals surface area (Å²) in [6.45, 7) is 4.06. The highest BCUT2D eigenvalue weighted by Crippen LogP contribution is 2.21. The highest BCUT2D eigenvalue weighted by molar-refractivity contribution is 5.89. The molecule has 0 aliphatic heterocycles. The summed E-state index contributed by atoms with van der Waals surface area (Å²) in [5.41, 5.74) is 4.45. The smallest absolute Gasteiger partial charge is 0.337 e. The van der Waals surface area contributed by atoms with E-state index in [0.717, 1.165) is 22.5 Å². The van der Waals surface area contributed by atoms with E-state index < -0.39 is 0 Å². The van der Waals surface area contributed by atoms with E-state index in [1.165, 1.54) is 7.11 Å². The molecule has 3 aromatic rings. The van der Waals surface area contributed by atoms with Crippen molar-refractivity contribution in [2.75, 3.05) is 17.7 Å². The average molecular weight is 349 g/mol. The minimum Gasteiger partial charge on any atom is -0.465 e. The summed E-state index contributed by atoms with van der Waals surface area (Å²) in [4.78, 5) is 15.9. The lowest BCUT2D eigenvalue weighted by atomic mass is 10.1. The SMILES string of the molecule is COC(=O)c1ccc(Nc2nncc(Nc3cc(C)ccc3C)n2)cc1. The van der Waals surface area contributed by atoms with Gasteiger partial charge in [0.25, 0.3) is 0 Å². The Morgan fingerprint density at radius 2 is 1.81 bits per heavy atom. The van der Waals surface area contributed by atoms with Crippen LogP contribution >= 0.6 is 0 Å². The molecule has 0 amide bonds. The van der Waals surface area contributed by atoms with Crippen molar-refractivity contribution in [2.24, 2.45) is 0 Å². The first-order valence-corrected chi connectivity index (χ1v) is 8.04. The van der Waals surface area contributed by atoms with Gasteiger partial charge in [0.2, 0.25) is 5.95 Å². The van der Waals surface area contributed by atoms with Crippen LogP contribution in [-0.2, 0) is 4.74 Å². The fraction of sp³-hybridized carbons (Fsp3) is 0.158. The van der Waals surface area contributed by atoms with E-state index in [4.69, 9.17) is 0 Å². The lowest BCUT2D eigenvalue weighted by Crippen LogP contribution is -2.04. The predicted molar refractivity (Wildman–Crippen MR) is 100 cm³/mol. The molecule has 26 heavy (non-hydrogen) atoms. The molecule has 2 aromatic carbocycles. The van der Waals surface area contributed by atoms with Crippen molar-refractivity contribution in [2.45, 2.75) is 13.8 Å². The normalized spacial score (nSPS) is 10.3. The highest BCUT2D eigenvalue weighted by atomic mass is 16.5. The molecule has 0 spiro atoms. The van der Waals surface area contributed by atoms with Gasteiger partial charge in [-0.15, -0.1) is 5.10 Å². The van der Waals surface area contributed by atoms with Gasteiger partial charge >= 0.3 is 5.97 Å². The molecule has 132 valence electrons. The summed E-state index contributed by atoms with van der Waals surface area (Å²) in [6, 6.07) is 13.0. The van der Waals surface area contributed by atoms with Crippen molar-refractivity contribution in [1.82, 2.24) is 15.2 Å². The zero-order chi connectivity index (χ0) is 18.5. The number of aryl methyl sites for hydroxylation is 2. The summed E-state index contributed by atoms with van der Waals surface area (Å²) >= 11 is 0. The minimum atomic E-state index is -0.380. The first-order chi connectivity index (χ1) is 12.5. The lowest BCUT2D eigenvalue weighted by Gasteiger charge is -2.10. The van der Waals surface area contributed by atoms with Gasteiger partial charge in [-0.1, -0.05) is 12.1 Å². The fourth-order valence-electron chi connectivity index (χ4n) is 2.36. The average Bonchev–Trinajstić information content (AvgIpc) is 2.65. The van der Waals surface area contributed by atoms with Crippen LogP contribution in [-0.4, -0.2) is 28.3 Å². The number of hydrogen-bond acceptors (Lipinski definition) is 7. The van der Waals surface area contributed by atoms with Crippen molar-refractivity contribution in [3.8, 4) is 0 Å². The summed E-state index contributed by atoms with van der Waals surface area (Å²) in [5.74, 6) is 0.558. The Labute approximate surface area is 151 Å². The van der Waals surface area contributed by atoms with Crippen LogP contribution in [0, 0.1) is 13.8 Å². The molecule has 1 heterocycles. The van der Waals surface area contributed by atoms with Gasteiger partial charge in [0.05, 0.1) is 18.9 Å². The molecular formula is C19H19N5O2. The van der Waals surface area contributed by atoms with Crippen LogP contribution in [0.5, 0.6) is 0 Å². The molecule has 0 saturated heterocycles. The lowest BCUT2D eigenvalue weighted by molar-refractivity contribution is 0.0601. The van der Waals surface area contributed by atoms with Crippen LogP contribution in [0.1, 0.15) is 21.5 Å². The summed E-state index contributed by atoms with van der Waals surface area (Å²) < 4.78 is 4.68. The van der Waals surface area contributed by atoms with Crippen molar-refractivity contribution < 1.29 is 9.53 Å². The number of anilines is 4. The number of ether oxygens (including phenoxy) is 1. The van der Waals surface area contributed by atoms with Gasteiger partial charge in [-0.3, -0.25) is 0 Å². The molecule has 2 N–H and O–H groups in total. The number of nitrogens with one attached hydrogen (secondary N) is 2. The molecule has 0 bridgehead atoms. The molecule has 0 fully saturated rings. The number of esters is 1. The van der Waals surface area contributed by atoms with Gasteiger partial charge in [0.1, 0.15) is 0 Å². The van der Waals surface area contributed by atoms with Gasteiger partial charge < -0.3 is 15.4 Å². The van der Waals surface area contributed by atoms with Crippen LogP contribution in [0.4, 0.5) is 23.1 Å². The van der Waals surface area contributed by atoms with E-state index in [1.807, 2.05) is 19.9 Å². The molecule has 0 saturated carbocycles. The molecular weight excluding hydrogens is 330 g/mol. The zero-order valence-corrected chi connectivity index (χ0v) is 14.8. The minimum absolute atomic E-state index is 0.353. The molecule has 7 nitrogen and oxygen atoms in total. The van der Waals surface area contributed by atoms with Gasteiger partial charge in [0, 0.05) is 11.4 Å². The maximum absolute atomic E-state index is 11.5. The third-order valence-corrected chi connectivity index (χ3v) is 3.78. The van der Waals surface area contributed by atoms with Crippen LogP contribution in [0.15, 0.2) is 48.7 Å². The van der Waals surface area contributed by atoms with E-state index in [-0.39, 0.29) is 5.97 Å². The summed E-state index contributed by atoms with van der Waals surface area (Å²) in [5, 5.41) is 14.3. The molecule has 0 atom stereocenters. The highest BCUT2D eigenvalue weighted by Gasteiger charge is 2.07. The number of rotatable bonds is 5. The maximum atomic E-state index is 11.5. The fourth-order valence-corrected chi connectivity index (χ4v) is 2.36. The Morgan fingerprint density at radius 3 is 2.54 bits per heavy atom.